The monoisotopic (exact) mass is 85.1 g/mol. The Balaban J connectivity index is 3.46. The molecule has 6 heavy (non-hydrogen) atoms. The van der Waals surface area contributed by atoms with E-state index in [1.807, 2.05) is 0 Å². The zero-order valence-electron chi connectivity index (χ0n) is 8.02. The van der Waals surface area contributed by atoms with E-state index in [1.54, 1.807) is 0 Å². The first-order chi connectivity index (χ1) is 5.04. The van der Waals surface area contributed by atoms with Gasteiger partial charge in [-0.05, 0) is 0 Å². The van der Waals surface area contributed by atoms with Crippen molar-refractivity contribution in [1.82, 2.24) is 0 Å². The van der Waals surface area contributed by atoms with Crippen LogP contribution >= 0.6 is 0 Å². The molecular weight excluding hydrogens is 74.1 g/mol. The molecule has 30 valence electrons. The standard InChI is InChI=1S/C5H5N/c1-2-4-6-5-3-1/h1-5H/p+1/i1D,2D,3D,4D/hD. The lowest BCUT2D eigenvalue weighted by molar-refractivity contribution is -0.377. The van der Waals surface area contributed by atoms with Gasteiger partial charge >= 0.3 is 1.41 Å². The van der Waals surface area contributed by atoms with Crippen molar-refractivity contribution in [3.05, 3.63) is 30.5 Å². The van der Waals surface area contributed by atoms with Crippen LogP contribution in [0.25, 0.3) is 0 Å². The van der Waals surface area contributed by atoms with Crippen molar-refractivity contribution in [3.8, 4) is 0 Å². The number of pyridine rings is 1. The van der Waals surface area contributed by atoms with E-state index >= 15 is 0 Å². The molecule has 0 unspecified atom stereocenters. The molecule has 0 aliphatic rings. The van der Waals surface area contributed by atoms with E-state index in [2.05, 4.69) is 0 Å². The molecule has 0 atom stereocenters. The predicted molar refractivity (Wildman–Crippen MR) is 23.0 cm³/mol. The average Bonchev–Trinajstić information content (AvgIpc) is 1.97. The second-order valence-electron chi connectivity index (χ2n) is 0.764. The van der Waals surface area contributed by atoms with Gasteiger partial charge in [-0.25, -0.2) is 4.98 Å². The summed E-state index contributed by atoms with van der Waals surface area (Å²) in [6.07, 6.45) is 0.647. The van der Waals surface area contributed by atoms with Crippen LogP contribution in [0.5, 0.6) is 0 Å². The highest BCUT2D eigenvalue weighted by Crippen LogP contribution is 1.68. The van der Waals surface area contributed by atoms with E-state index in [4.69, 9.17) is 6.89 Å². The normalized spacial score (nSPS) is 19.7. The highest BCUT2D eigenvalue weighted by atomic mass is 14.6. The third-order valence-corrected chi connectivity index (χ3v) is 0.384. The maximum atomic E-state index is 7.09. The molecule has 1 N–H and O–H groups in total. The number of nitrogens with one attached hydrogen (secondary N) is 1. The smallest absolute Gasteiger partial charge is 0.218 e. The zero-order valence-corrected chi connectivity index (χ0v) is 3.02. The summed E-state index contributed by atoms with van der Waals surface area (Å²) in [7, 11) is 0. The largest absolute Gasteiger partial charge is 0.453 e. The van der Waals surface area contributed by atoms with Crippen molar-refractivity contribution >= 4 is 0 Å². The molecule has 1 rings (SSSR count). The SMILES string of the molecule is [2H]c1c[n+]([2H])c([2H])c([2H])c1[2H]. The van der Waals surface area contributed by atoms with Gasteiger partial charge < -0.3 is 0 Å². The van der Waals surface area contributed by atoms with Gasteiger partial charge in [0.25, 0.3) is 0 Å². The first kappa shape index (κ1) is 0.861. The summed E-state index contributed by atoms with van der Waals surface area (Å²) in [6.45, 7) is 0. The van der Waals surface area contributed by atoms with Crippen LogP contribution in [0.3, 0.4) is 0 Å². The molecule has 1 nitrogen and oxygen atoms in total. The van der Waals surface area contributed by atoms with Crippen LogP contribution in [0.1, 0.15) is 5.48 Å². The second kappa shape index (κ2) is 1.55. The highest BCUT2D eigenvalue weighted by Gasteiger charge is 1.65. The van der Waals surface area contributed by atoms with Gasteiger partial charge in [0.05, 0.1) is 4.11 Å². The van der Waals surface area contributed by atoms with Crippen molar-refractivity contribution < 1.29 is 11.9 Å². The van der Waals surface area contributed by atoms with Crippen molar-refractivity contribution in [3.63, 3.8) is 0 Å². The molecule has 0 amide bonds. The fourth-order valence-electron chi connectivity index (χ4n) is 0.193. The molecule has 1 heterocycles. The molecule has 0 bridgehead atoms. The number of hydrogen-bond acceptors (Lipinski definition) is 0. The van der Waals surface area contributed by atoms with Gasteiger partial charge in [0.2, 0.25) is 0 Å². The van der Waals surface area contributed by atoms with Crippen LogP contribution in [-0.2, 0) is 0 Å². The molecule has 1 heteroatoms. The molecular formula is C5H6N+. The zero-order chi connectivity index (χ0) is 8.59. The van der Waals surface area contributed by atoms with E-state index in [0.717, 1.165) is 6.20 Å². The quantitative estimate of drug-likeness (QED) is 0.435. The Bertz CT molecular complexity index is 271. The lowest BCUT2D eigenvalue weighted by atomic mass is 10.5. The number of rotatable bonds is 0. The predicted octanol–water partition coefficient (Wildman–Crippen LogP) is 0.501. The first-order valence-electron chi connectivity index (χ1n) is 3.97. The minimum atomic E-state index is -0.382. The van der Waals surface area contributed by atoms with E-state index in [-0.39, 0.29) is 24.3 Å². The molecule has 0 aliphatic carbocycles. The number of H-pyrrole nitrogens is 1. The summed E-state index contributed by atoms with van der Waals surface area (Å²) in [6, 6.07) is -0.896. The van der Waals surface area contributed by atoms with Crippen molar-refractivity contribution in [2.24, 2.45) is 0 Å². The summed E-state index contributed by atoms with van der Waals surface area (Å²) < 4.78 is 35.3. The van der Waals surface area contributed by atoms with E-state index in [9.17, 15) is 0 Å². The fourth-order valence-corrected chi connectivity index (χ4v) is 0.193. The minimum Gasteiger partial charge on any atom is -0.218 e. The summed E-state index contributed by atoms with van der Waals surface area (Å²) in [5, 5.41) is 0. The van der Waals surface area contributed by atoms with Gasteiger partial charge in [-0.15, -0.1) is 0 Å². The summed E-state index contributed by atoms with van der Waals surface area (Å²) >= 11 is 0. The Morgan fingerprint density at radius 2 is 2.50 bits per heavy atom. The molecule has 0 saturated carbocycles. The molecule has 0 radical (unpaired) electrons. The molecule has 0 aromatic carbocycles. The topological polar surface area (TPSA) is 14.1 Å². The van der Waals surface area contributed by atoms with Gasteiger partial charge in [-0.2, -0.15) is 0 Å². The Morgan fingerprint density at radius 3 is 3.50 bits per heavy atom. The summed E-state index contributed by atoms with van der Waals surface area (Å²) in [4.78, 5) is 0.600. The van der Waals surface area contributed by atoms with Gasteiger partial charge in [-0.1, -0.05) is 6.04 Å². The fraction of sp³-hybridized carbons (Fsp3) is 0. The van der Waals surface area contributed by atoms with Gasteiger partial charge in [-0.3, -0.25) is 0 Å². The van der Waals surface area contributed by atoms with Crippen LogP contribution in [0.15, 0.2) is 30.5 Å². The highest BCUT2D eigenvalue weighted by molar-refractivity contribution is 4.82. The van der Waals surface area contributed by atoms with E-state index in [0.29, 0.717) is 4.98 Å². The average molecular weight is 85.1 g/mol. The van der Waals surface area contributed by atoms with Crippen LogP contribution in [0.2, 0.25) is 1.41 Å². The van der Waals surface area contributed by atoms with Crippen LogP contribution in [0, 0.1) is 0 Å². The summed E-state index contributed by atoms with van der Waals surface area (Å²) in [5.41, 5.74) is 0. The summed E-state index contributed by atoms with van der Waals surface area (Å²) in [5.74, 6) is 0. The Morgan fingerprint density at radius 1 is 1.50 bits per heavy atom. The van der Waals surface area contributed by atoms with Crippen molar-refractivity contribution in [2.75, 3.05) is 0 Å². The van der Waals surface area contributed by atoms with Gasteiger partial charge in [0.1, 0.15) is 1.37 Å². The third kappa shape index (κ3) is 0.549. The molecule has 1 aromatic rings. The van der Waals surface area contributed by atoms with E-state index < -0.39 is 0 Å². The van der Waals surface area contributed by atoms with Gasteiger partial charge in [0, 0.05) is 12.1 Å². The molecule has 0 fully saturated rings. The lowest BCUT2D eigenvalue weighted by Gasteiger charge is -1.63. The number of aromatic nitrogens is 1. The Kier molecular flexibility index (Phi) is 0.223. The van der Waals surface area contributed by atoms with Crippen LogP contribution < -0.4 is 4.98 Å². The van der Waals surface area contributed by atoms with Crippen molar-refractivity contribution in [2.45, 2.75) is 0 Å². The maximum Gasteiger partial charge on any atom is 0.453 e. The van der Waals surface area contributed by atoms with Crippen molar-refractivity contribution in [1.29, 1.82) is 0 Å². The molecule has 0 saturated heterocycles. The third-order valence-electron chi connectivity index (χ3n) is 0.384. The molecule has 0 spiro atoms. The number of hydrogen-bond donors (Lipinski definition) is 0. The Labute approximate surface area is 43.7 Å². The van der Waals surface area contributed by atoms with Gasteiger partial charge in [0.15, 0.2) is 12.4 Å². The maximum absolute atomic E-state index is 7.09. The Hall–Kier alpha value is -0.850. The second-order valence-corrected chi connectivity index (χ2v) is 0.764. The molecule has 1 aromatic heterocycles. The van der Waals surface area contributed by atoms with Crippen LogP contribution in [-0.4, -0.2) is 0 Å². The number of aromatic amines is 1. The first-order valence-corrected chi connectivity index (χ1v) is 1.52. The van der Waals surface area contributed by atoms with E-state index in [1.165, 1.54) is 0 Å². The lowest BCUT2D eigenvalue weighted by Crippen LogP contribution is -1.93. The van der Waals surface area contributed by atoms with Crippen LogP contribution in [0.4, 0.5) is 0 Å². The molecule has 0 aliphatic heterocycles. The minimum absolute atomic E-state index is 0.207.